The molecule has 1 aromatic heterocycles. The van der Waals surface area contributed by atoms with Gasteiger partial charge < -0.3 is 15.4 Å². The summed E-state index contributed by atoms with van der Waals surface area (Å²) in [5.41, 5.74) is -1.16. The van der Waals surface area contributed by atoms with E-state index < -0.39 is 11.5 Å². The molecule has 0 bridgehead atoms. The molecule has 1 fully saturated rings. The van der Waals surface area contributed by atoms with Crippen molar-refractivity contribution in [1.29, 1.82) is 0 Å². The highest BCUT2D eigenvalue weighted by atomic mass is 16.4. The van der Waals surface area contributed by atoms with E-state index in [1.165, 1.54) is 0 Å². The van der Waals surface area contributed by atoms with Crippen LogP contribution in [0.4, 0.5) is 5.82 Å². The maximum Gasteiger partial charge on any atom is 0.329 e. The summed E-state index contributed by atoms with van der Waals surface area (Å²) in [6.45, 7) is 0. The van der Waals surface area contributed by atoms with Crippen LogP contribution in [0.25, 0.3) is 10.8 Å². The molecule has 5 heteroatoms. The first-order valence-corrected chi connectivity index (χ1v) is 6.74. The maximum absolute atomic E-state index is 12.0. The van der Waals surface area contributed by atoms with Crippen molar-refractivity contribution in [3.8, 4) is 0 Å². The minimum Gasteiger partial charge on any atom is -0.480 e. The number of aromatic nitrogens is 1. The maximum atomic E-state index is 12.0. The Kier molecular flexibility index (Phi) is 2.97. The number of fused-ring (bicyclic) bond motifs is 1. The molecule has 3 N–H and O–H groups in total. The van der Waals surface area contributed by atoms with E-state index in [0.29, 0.717) is 24.0 Å². The molecule has 1 aromatic carbocycles. The van der Waals surface area contributed by atoms with Crippen molar-refractivity contribution in [3.05, 3.63) is 40.7 Å². The Morgan fingerprint density at radius 2 is 1.95 bits per heavy atom. The first-order chi connectivity index (χ1) is 9.61. The molecule has 0 amide bonds. The summed E-state index contributed by atoms with van der Waals surface area (Å²) in [6.07, 6.45) is 2.93. The van der Waals surface area contributed by atoms with Gasteiger partial charge in [-0.15, -0.1) is 0 Å². The minimum absolute atomic E-state index is 0.205. The molecule has 0 radical (unpaired) electrons. The lowest BCUT2D eigenvalue weighted by Gasteiger charge is -2.26. The Bertz CT molecular complexity index is 714. The predicted octanol–water partition coefficient (Wildman–Crippen LogP) is 2.34. The number of nitrogens with one attached hydrogen (secondary N) is 2. The third kappa shape index (κ3) is 2.05. The zero-order valence-corrected chi connectivity index (χ0v) is 11.0. The second-order valence-electron chi connectivity index (χ2n) is 5.32. The lowest BCUT2D eigenvalue weighted by Crippen LogP contribution is -2.44. The standard InChI is InChI=1S/C15H16N2O3/c18-13-11-6-2-1-5-10(11)9-12(16-13)17-15(14(19)20)7-3-4-8-15/h1-2,5-6,9H,3-4,7-8H2,(H,19,20)(H2,16,17,18). The molecule has 5 nitrogen and oxygen atoms in total. The van der Waals surface area contributed by atoms with Gasteiger partial charge in [-0.05, 0) is 30.4 Å². The molecule has 1 aliphatic rings. The van der Waals surface area contributed by atoms with Crippen LogP contribution in [-0.4, -0.2) is 21.6 Å². The van der Waals surface area contributed by atoms with E-state index in [1.807, 2.05) is 12.1 Å². The number of hydrogen-bond acceptors (Lipinski definition) is 3. The molecule has 2 aromatic rings. The Morgan fingerprint density at radius 3 is 2.65 bits per heavy atom. The number of hydrogen-bond donors (Lipinski definition) is 3. The normalized spacial score (nSPS) is 17.2. The van der Waals surface area contributed by atoms with E-state index in [1.54, 1.807) is 18.2 Å². The van der Waals surface area contributed by atoms with Crippen molar-refractivity contribution in [2.45, 2.75) is 31.2 Å². The molecular formula is C15H16N2O3. The number of carbonyl (C=O) groups is 1. The van der Waals surface area contributed by atoms with Crippen LogP contribution in [0.5, 0.6) is 0 Å². The first kappa shape index (κ1) is 12.7. The van der Waals surface area contributed by atoms with Crippen LogP contribution >= 0.6 is 0 Å². The molecule has 0 saturated heterocycles. The summed E-state index contributed by atoms with van der Waals surface area (Å²) in [6, 6.07) is 9.05. The SMILES string of the molecule is O=C(O)C1(Nc2cc3ccccc3c(=O)[nH]2)CCCC1. The number of carboxylic acids is 1. The van der Waals surface area contributed by atoms with Gasteiger partial charge >= 0.3 is 5.97 Å². The van der Waals surface area contributed by atoms with E-state index in [0.717, 1.165) is 18.2 Å². The monoisotopic (exact) mass is 272 g/mol. The van der Waals surface area contributed by atoms with Crippen LogP contribution in [0.1, 0.15) is 25.7 Å². The molecule has 0 atom stereocenters. The fourth-order valence-corrected chi connectivity index (χ4v) is 2.91. The van der Waals surface area contributed by atoms with Crippen molar-refractivity contribution in [1.82, 2.24) is 4.98 Å². The van der Waals surface area contributed by atoms with Crippen LogP contribution in [0.15, 0.2) is 35.1 Å². The summed E-state index contributed by atoms with van der Waals surface area (Å²) in [7, 11) is 0. The van der Waals surface area contributed by atoms with Crippen LogP contribution in [0.2, 0.25) is 0 Å². The number of anilines is 1. The topological polar surface area (TPSA) is 82.2 Å². The quantitative estimate of drug-likeness (QED) is 0.801. The van der Waals surface area contributed by atoms with Gasteiger partial charge in [-0.25, -0.2) is 4.79 Å². The largest absolute Gasteiger partial charge is 0.480 e. The molecule has 1 aliphatic carbocycles. The lowest BCUT2D eigenvalue weighted by molar-refractivity contribution is -0.142. The van der Waals surface area contributed by atoms with E-state index in [-0.39, 0.29) is 5.56 Å². The van der Waals surface area contributed by atoms with Gasteiger partial charge in [-0.3, -0.25) is 4.79 Å². The number of aliphatic carboxylic acids is 1. The summed E-state index contributed by atoms with van der Waals surface area (Å²) in [5, 5.41) is 13.9. The van der Waals surface area contributed by atoms with Gasteiger partial charge in [-0.2, -0.15) is 0 Å². The van der Waals surface area contributed by atoms with E-state index in [2.05, 4.69) is 10.3 Å². The van der Waals surface area contributed by atoms with Crippen molar-refractivity contribution in [2.24, 2.45) is 0 Å². The molecule has 20 heavy (non-hydrogen) atoms. The number of benzene rings is 1. The van der Waals surface area contributed by atoms with Gasteiger partial charge in [0.2, 0.25) is 0 Å². The average Bonchev–Trinajstić information content (AvgIpc) is 2.89. The summed E-state index contributed by atoms with van der Waals surface area (Å²) >= 11 is 0. The van der Waals surface area contributed by atoms with Crippen LogP contribution < -0.4 is 10.9 Å². The van der Waals surface area contributed by atoms with Gasteiger partial charge in [0.05, 0.1) is 0 Å². The molecule has 1 saturated carbocycles. The molecule has 1 heterocycles. The Hall–Kier alpha value is -2.30. The van der Waals surface area contributed by atoms with Crippen LogP contribution in [0, 0.1) is 0 Å². The van der Waals surface area contributed by atoms with Crippen molar-refractivity contribution >= 4 is 22.6 Å². The summed E-state index contributed by atoms with van der Waals surface area (Å²) in [5.74, 6) is -0.387. The number of pyridine rings is 1. The van der Waals surface area contributed by atoms with Crippen molar-refractivity contribution in [3.63, 3.8) is 0 Å². The zero-order valence-electron chi connectivity index (χ0n) is 11.0. The molecule has 3 rings (SSSR count). The Balaban J connectivity index is 2.02. The zero-order chi connectivity index (χ0) is 14.2. The van der Waals surface area contributed by atoms with Crippen molar-refractivity contribution in [2.75, 3.05) is 5.32 Å². The molecule has 104 valence electrons. The van der Waals surface area contributed by atoms with Crippen molar-refractivity contribution < 1.29 is 9.90 Å². The van der Waals surface area contributed by atoms with Crippen LogP contribution in [-0.2, 0) is 4.79 Å². The number of H-pyrrole nitrogens is 1. The number of aromatic amines is 1. The Morgan fingerprint density at radius 1 is 1.25 bits per heavy atom. The van der Waals surface area contributed by atoms with E-state index in [4.69, 9.17) is 0 Å². The third-order valence-corrected chi connectivity index (χ3v) is 3.99. The summed E-state index contributed by atoms with van der Waals surface area (Å²) < 4.78 is 0. The first-order valence-electron chi connectivity index (χ1n) is 6.74. The molecule has 0 aliphatic heterocycles. The fraction of sp³-hybridized carbons (Fsp3) is 0.333. The minimum atomic E-state index is -0.953. The molecule has 0 spiro atoms. The smallest absolute Gasteiger partial charge is 0.329 e. The highest BCUT2D eigenvalue weighted by Crippen LogP contribution is 2.33. The Labute approximate surface area is 115 Å². The van der Waals surface area contributed by atoms with Crippen LogP contribution in [0.3, 0.4) is 0 Å². The molecular weight excluding hydrogens is 256 g/mol. The highest BCUT2D eigenvalue weighted by Gasteiger charge is 2.41. The van der Waals surface area contributed by atoms with Gasteiger partial charge in [-0.1, -0.05) is 31.0 Å². The fourth-order valence-electron chi connectivity index (χ4n) is 2.91. The van der Waals surface area contributed by atoms with E-state index >= 15 is 0 Å². The van der Waals surface area contributed by atoms with E-state index in [9.17, 15) is 14.7 Å². The van der Waals surface area contributed by atoms with Gasteiger partial charge in [0.15, 0.2) is 0 Å². The molecule has 0 unspecified atom stereocenters. The third-order valence-electron chi connectivity index (χ3n) is 3.99. The number of carboxylic acid groups (broad SMARTS) is 1. The van der Waals surface area contributed by atoms with Gasteiger partial charge in [0, 0.05) is 5.39 Å². The number of rotatable bonds is 3. The van der Waals surface area contributed by atoms with Gasteiger partial charge in [0.25, 0.3) is 5.56 Å². The lowest BCUT2D eigenvalue weighted by atomic mass is 9.98. The van der Waals surface area contributed by atoms with Gasteiger partial charge in [0.1, 0.15) is 11.4 Å². The second-order valence-corrected chi connectivity index (χ2v) is 5.32. The predicted molar refractivity (Wildman–Crippen MR) is 77.0 cm³/mol. The second kappa shape index (κ2) is 4.67. The highest BCUT2D eigenvalue weighted by molar-refractivity contribution is 5.86. The summed E-state index contributed by atoms with van der Waals surface area (Å²) in [4.78, 5) is 26.3. The average molecular weight is 272 g/mol.